The maximum atomic E-state index is 7.45. The number of rotatable bonds is 11. The molecule has 2 aromatic carbocycles. The van der Waals surface area contributed by atoms with Crippen molar-refractivity contribution in [3.05, 3.63) is 42.5 Å². The predicted octanol–water partition coefficient (Wildman–Crippen LogP) is 6.86. The third-order valence-electron chi connectivity index (χ3n) is 3.63. The Morgan fingerprint density at radius 2 is 1.56 bits per heavy atom. The van der Waals surface area contributed by atoms with E-state index < -0.39 is 0 Å². The lowest BCUT2D eigenvalue weighted by atomic mass is 10.2. The summed E-state index contributed by atoms with van der Waals surface area (Å²) in [4.78, 5) is 2.12. The van der Waals surface area contributed by atoms with E-state index in [2.05, 4.69) is 31.1 Å². The number of nitrogens with one attached hydrogen (secondary N) is 1. The molecule has 0 atom stereocenters. The van der Waals surface area contributed by atoms with Crippen LogP contribution in [-0.2, 0) is 0 Å². The van der Waals surface area contributed by atoms with Gasteiger partial charge in [0.15, 0.2) is 0 Å². The van der Waals surface area contributed by atoms with Crippen LogP contribution in [-0.4, -0.2) is 13.2 Å². The topological polar surface area (TPSA) is 54.7 Å². The van der Waals surface area contributed by atoms with Crippen molar-refractivity contribution in [1.29, 1.82) is 5.53 Å². The second-order valence-electron chi connectivity index (χ2n) is 5.70. The van der Waals surface area contributed by atoms with Gasteiger partial charge in [0.2, 0.25) is 0 Å². The minimum absolute atomic E-state index is 0.514. The quantitative estimate of drug-likeness (QED) is 0.353. The Morgan fingerprint density at radius 3 is 2.16 bits per heavy atom. The fourth-order valence-electron chi connectivity index (χ4n) is 2.19. The molecule has 0 bridgehead atoms. The van der Waals surface area contributed by atoms with Crippen LogP contribution in [0.4, 0.5) is 5.69 Å². The monoisotopic (exact) mass is 358 g/mol. The molecule has 0 saturated heterocycles. The number of ether oxygens (including phenoxy) is 2. The lowest BCUT2D eigenvalue weighted by Crippen LogP contribution is -2.00. The molecule has 25 heavy (non-hydrogen) atoms. The average molecular weight is 359 g/mol. The minimum atomic E-state index is 0.514. The lowest BCUT2D eigenvalue weighted by Gasteiger charge is -2.15. The molecule has 0 aliphatic heterocycles. The molecule has 2 rings (SSSR count). The molecule has 0 saturated carbocycles. The van der Waals surface area contributed by atoms with E-state index >= 15 is 0 Å². The van der Waals surface area contributed by atoms with Crippen LogP contribution in [0.15, 0.2) is 57.4 Å². The number of hydrogen-bond acceptors (Lipinski definition) is 5. The Balaban J connectivity index is 2.29. The van der Waals surface area contributed by atoms with Gasteiger partial charge in [-0.3, -0.25) is 0 Å². The number of nitrogens with zero attached hydrogens (tertiary/aromatic N) is 1. The van der Waals surface area contributed by atoms with Gasteiger partial charge < -0.3 is 9.47 Å². The molecule has 0 fully saturated rings. The first-order valence-corrected chi connectivity index (χ1v) is 9.64. The van der Waals surface area contributed by atoms with Gasteiger partial charge in [0.05, 0.1) is 18.1 Å². The fourth-order valence-corrected chi connectivity index (χ4v) is 3.13. The van der Waals surface area contributed by atoms with E-state index in [0.717, 1.165) is 41.2 Å². The molecule has 0 radical (unpaired) electrons. The highest BCUT2D eigenvalue weighted by molar-refractivity contribution is 7.99. The molecular formula is C20H26N2O2S. The third kappa shape index (κ3) is 6.09. The van der Waals surface area contributed by atoms with E-state index in [-0.39, 0.29) is 0 Å². The van der Waals surface area contributed by atoms with Crippen LogP contribution in [0.1, 0.15) is 39.5 Å². The Labute approximate surface area is 154 Å². The van der Waals surface area contributed by atoms with Crippen molar-refractivity contribution in [2.75, 3.05) is 13.2 Å². The summed E-state index contributed by atoms with van der Waals surface area (Å²) in [6.45, 7) is 5.55. The van der Waals surface area contributed by atoms with Gasteiger partial charge in [-0.25, -0.2) is 5.53 Å². The molecule has 134 valence electrons. The van der Waals surface area contributed by atoms with E-state index in [1.54, 1.807) is 11.8 Å². The van der Waals surface area contributed by atoms with E-state index in [9.17, 15) is 0 Å². The van der Waals surface area contributed by atoms with Gasteiger partial charge in [0.25, 0.3) is 0 Å². The normalized spacial score (nSPS) is 10.5. The van der Waals surface area contributed by atoms with Crippen molar-refractivity contribution in [1.82, 2.24) is 0 Å². The summed E-state index contributed by atoms with van der Waals surface area (Å²) in [6.07, 6.45) is 4.12. The van der Waals surface area contributed by atoms with Crippen LogP contribution in [0.3, 0.4) is 0 Å². The molecular weight excluding hydrogens is 332 g/mol. The standard InChI is InChI=1S/C20H26N2O2S/c1-3-5-12-23-18-15-20(25-16-10-8-7-9-11-16)19(14-17(18)22-21)24-13-6-4-2/h7-11,14-15,21H,3-6,12-13H2,1-2H3. The van der Waals surface area contributed by atoms with Gasteiger partial charge >= 0.3 is 0 Å². The Hall–Kier alpha value is -2.01. The first-order chi connectivity index (χ1) is 12.3. The van der Waals surface area contributed by atoms with Crippen molar-refractivity contribution in [2.45, 2.75) is 49.3 Å². The van der Waals surface area contributed by atoms with Gasteiger partial charge in [-0.15, -0.1) is 0 Å². The zero-order valence-corrected chi connectivity index (χ0v) is 15.8. The highest BCUT2D eigenvalue weighted by atomic mass is 32.2. The Kier molecular flexibility index (Phi) is 8.32. The smallest absolute Gasteiger partial charge is 0.148 e. The Morgan fingerprint density at radius 1 is 0.920 bits per heavy atom. The molecule has 0 spiro atoms. The van der Waals surface area contributed by atoms with Gasteiger partial charge in [-0.2, -0.15) is 5.11 Å². The summed E-state index contributed by atoms with van der Waals surface area (Å²) in [5.41, 5.74) is 7.96. The van der Waals surface area contributed by atoms with Crippen molar-refractivity contribution in [2.24, 2.45) is 5.11 Å². The number of benzene rings is 2. The summed E-state index contributed by atoms with van der Waals surface area (Å²) in [5.74, 6) is 1.40. The highest BCUT2D eigenvalue weighted by Crippen LogP contribution is 2.42. The van der Waals surface area contributed by atoms with Crippen LogP contribution in [0.5, 0.6) is 11.5 Å². The second kappa shape index (κ2) is 10.8. The number of hydrogen-bond donors (Lipinski definition) is 1. The van der Waals surface area contributed by atoms with Crippen LogP contribution in [0, 0.1) is 5.53 Å². The second-order valence-corrected chi connectivity index (χ2v) is 6.81. The molecule has 0 aliphatic rings. The van der Waals surface area contributed by atoms with Crippen molar-refractivity contribution in [3.8, 4) is 11.5 Å². The van der Waals surface area contributed by atoms with Crippen LogP contribution < -0.4 is 9.47 Å². The first-order valence-electron chi connectivity index (χ1n) is 8.82. The van der Waals surface area contributed by atoms with Crippen molar-refractivity contribution < 1.29 is 9.47 Å². The molecule has 0 heterocycles. The largest absolute Gasteiger partial charge is 0.492 e. The van der Waals surface area contributed by atoms with Crippen LogP contribution in [0.2, 0.25) is 0 Å². The maximum absolute atomic E-state index is 7.45. The molecule has 2 aromatic rings. The number of unbranched alkanes of at least 4 members (excludes halogenated alkanes) is 2. The minimum Gasteiger partial charge on any atom is -0.492 e. The van der Waals surface area contributed by atoms with E-state index in [4.69, 9.17) is 15.0 Å². The maximum Gasteiger partial charge on any atom is 0.148 e. The van der Waals surface area contributed by atoms with Crippen molar-refractivity contribution >= 4 is 17.4 Å². The summed E-state index contributed by atoms with van der Waals surface area (Å²) < 4.78 is 11.8. The summed E-state index contributed by atoms with van der Waals surface area (Å²) >= 11 is 1.64. The fraction of sp³-hybridized carbons (Fsp3) is 0.400. The molecule has 0 aromatic heterocycles. The third-order valence-corrected chi connectivity index (χ3v) is 4.67. The SMILES string of the molecule is CCCCOc1cc(Sc2ccccc2)c(OCCCC)cc1N=N. The van der Waals surface area contributed by atoms with E-state index in [1.165, 1.54) is 0 Å². The molecule has 0 aliphatic carbocycles. The van der Waals surface area contributed by atoms with Gasteiger partial charge in [-0.1, -0.05) is 56.7 Å². The molecule has 0 amide bonds. The van der Waals surface area contributed by atoms with Gasteiger partial charge in [0.1, 0.15) is 17.2 Å². The summed E-state index contributed by atoms with van der Waals surface area (Å²) in [6, 6.07) is 13.9. The predicted molar refractivity (Wildman–Crippen MR) is 103 cm³/mol. The summed E-state index contributed by atoms with van der Waals surface area (Å²) in [5, 5.41) is 3.62. The Bertz CT molecular complexity index is 662. The molecule has 0 unspecified atom stereocenters. The molecule has 4 nitrogen and oxygen atoms in total. The summed E-state index contributed by atoms with van der Waals surface area (Å²) in [7, 11) is 0. The zero-order valence-electron chi connectivity index (χ0n) is 15.0. The lowest BCUT2D eigenvalue weighted by molar-refractivity contribution is 0.295. The van der Waals surface area contributed by atoms with Crippen LogP contribution >= 0.6 is 11.8 Å². The molecule has 5 heteroatoms. The van der Waals surface area contributed by atoms with Gasteiger partial charge in [0, 0.05) is 17.0 Å². The van der Waals surface area contributed by atoms with Gasteiger partial charge in [-0.05, 0) is 25.0 Å². The van der Waals surface area contributed by atoms with E-state index in [0.29, 0.717) is 24.7 Å². The highest BCUT2D eigenvalue weighted by Gasteiger charge is 2.14. The van der Waals surface area contributed by atoms with E-state index in [1.807, 2.05) is 30.3 Å². The average Bonchev–Trinajstić information content (AvgIpc) is 2.64. The zero-order chi connectivity index (χ0) is 17.9. The van der Waals surface area contributed by atoms with Crippen molar-refractivity contribution in [3.63, 3.8) is 0 Å². The molecule has 1 N–H and O–H groups in total. The van der Waals surface area contributed by atoms with Crippen LogP contribution in [0.25, 0.3) is 0 Å². The first kappa shape index (κ1) is 19.3.